The first kappa shape index (κ1) is 23.1. The predicted octanol–water partition coefficient (Wildman–Crippen LogP) is 1.97. The van der Waals surface area contributed by atoms with E-state index in [-0.39, 0.29) is 42.9 Å². The van der Waals surface area contributed by atoms with Crippen LogP contribution in [0.15, 0.2) is 30.3 Å². The number of halogens is 2. The fourth-order valence-electron chi connectivity index (χ4n) is 2.91. The zero-order valence-corrected chi connectivity index (χ0v) is 15.8. The van der Waals surface area contributed by atoms with Crippen LogP contribution in [-0.4, -0.2) is 49.7 Å². The first-order valence-corrected chi connectivity index (χ1v) is 7.99. The molecule has 1 aromatic rings. The Morgan fingerprint density at radius 2 is 2.08 bits per heavy atom. The highest BCUT2D eigenvalue weighted by atomic mass is 35.5. The van der Waals surface area contributed by atoms with E-state index in [1.807, 2.05) is 6.07 Å². The van der Waals surface area contributed by atoms with Crippen LogP contribution in [0, 0.1) is 0 Å². The monoisotopic (exact) mass is 377 g/mol. The number of nitrogens with zero attached hydrogens (tertiary/aromatic N) is 1. The topological polar surface area (TPSA) is 67.6 Å². The number of benzene rings is 1. The van der Waals surface area contributed by atoms with Crippen LogP contribution in [0.1, 0.15) is 24.8 Å². The summed E-state index contributed by atoms with van der Waals surface area (Å²) in [5.74, 6) is 0.0314. The fourth-order valence-corrected chi connectivity index (χ4v) is 2.91. The minimum absolute atomic E-state index is 0. The number of hydrogen-bond acceptors (Lipinski definition) is 4. The molecule has 0 aliphatic carbocycles. The number of amides is 1. The predicted molar refractivity (Wildman–Crippen MR) is 102 cm³/mol. The van der Waals surface area contributed by atoms with Crippen LogP contribution in [0.3, 0.4) is 0 Å². The highest BCUT2D eigenvalue weighted by Crippen LogP contribution is 2.14. The summed E-state index contributed by atoms with van der Waals surface area (Å²) in [5, 5.41) is 3.12. The molecule has 0 bridgehead atoms. The van der Waals surface area contributed by atoms with Crippen molar-refractivity contribution in [3.63, 3.8) is 0 Å². The minimum Gasteiger partial charge on any atom is -0.380 e. The standard InChI is InChI=1S/C17H27N3O2.2ClH/c1-22-16(11-18)10-17(21)19-15-8-5-9-20(13-15)12-14-6-3-2-4-7-14;;/h2-4,6-7,15-16H,5,8-13,18H2,1H3,(H,19,21);2*1H. The van der Waals surface area contributed by atoms with Gasteiger partial charge in [0.2, 0.25) is 5.91 Å². The van der Waals surface area contributed by atoms with E-state index in [0.29, 0.717) is 13.0 Å². The van der Waals surface area contributed by atoms with E-state index < -0.39 is 0 Å². The second-order valence-corrected chi connectivity index (χ2v) is 5.92. The first-order valence-electron chi connectivity index (χ1n) is 7.99. The molecule has 5 nitrogen and oxygen atoms in total. The van der Waals surface area contributed by atoms with E-state index in [2.05, 4.69) is 34.5 Å². The van der Waals surface area contributed by atoms with E-state index in [0.717, 1.165) is 32.5 Å². The molecule has 1 saturated heterocycles. The Morgan fingerprint density at radius 3 is 2.71 bits per heavy atom. The number of likely N-dealkylation sites (tertiary alicyclic amines) is 1. The fraction of sp³-hybridized carbons (Fsp3) is 0.588. The molecule has 1 aliphatic rings. The molecule has 1 heterocycles. The van der Waals surface area contributed by atoms with Crippen LogP contribution in [0.4, 0.5) is 0 Å². The summed E-state index contributed by atoms with van der Waals surface area (Å²) in [5.41, 5.74) is 6.88. The van der Waals surface area contributed by atoms with Gasteiger partial charge in [-0.05, 0) is 24.9 Å². The number of methoxy groups -OCH3 is 1. The minimum atomic E-state index is -0.191. The molecule has 7 heteroatoms. The maximum absolute atomic E-state index is 12.0. The van der Waals surface area contributed by atoms with Gasteiger partial charge in [0.1, 0.15) is 0 Å². The Balaban J connectivity index is 0.00000264. The molecule has 24 heavy (non-hydrogen) atoms. The molecule has 2 rings (SSSR count). The molecule has 2 atom stereocenters. The zero-order chi connectivity index (χ0) is 15.8. The second-order valence-electron chi connectivity index (χ2n) is 5.92. The molecule has 1 fully saturated rings. The Bertz CT molecular complexity index is 458. The van der Waals surface area contributed by atoms with Gasteiger partial charge >= 0.3 is 0 Å². The molecule has 3 N–H and O–H groups in total. The van der Waals surface area contributed by atoms with Crippen LogP contribution in [-0.2, 0) is 16.1 Å². The summed E-state index contributed by atoms with van der Waals surface area (Å²) in [4.78, 5) is 14.4. The van der Waals surface area contributed by atoms with Gasteiger partial charge in [0.25, 0.3) is 0 Å². The molecule has 0 spiro atoms. The molecule has 0 saturated carbocycles. The number of rotatable bonds is 7. The maximum atomic E-state index is 12.0. The normalized spacial score (nSPS) is 18.8. The van der Waals surface area contributed by atoms with Gasteiger partial charge < -0.3 is 15.8 Å². The summed E-state index contributed by atoms with van der Waals surface area (Å²) >= 11 is 0. The number of ether oxygens (including phenoxy) is 1. The van der Waals surface area contributed by atoms with Gasteiger partial charge in [-0.2, -0.15) is 0 Å². The maximum Gasteiger partial charge on any atom is 0.222 e. The van der Waals surface area contributed by atoms with Crippen molar-refractivity contribution in [3.8, 4) is 0 Å². The summed E-state index contributed by atoms with van der Waals surface area (Å²) in [6.45, 7) is 3.30. The van der Waals surface area contributed by atoms with Gasteiger partial charge in [0, 0.05) is 32.8 Å². The highest BCUT2D eigenvalue weighted by Gasteiger charge is 2.22. The van der Waals surface area contributed by atoms with Crippen molar-refractivity contribution in [2.45, 2.75) is 38.0 Å². The van der Waals surface area contributed by atoms with E-state index in [4.69, 9.17) is 10.5 Å². The van der Waals surface area contributed by atoms with Crippen molar-refractivity contribution in [2.75, 3.05) is 26.7 Å². The van der Waals surface area contributed by atoms with Gasteiger partial charge in [0.15, 0.2) is 0 Å². The number of carbonyl (C=O) groups excluding carboxylic acids is 1. The van der Waals surface area contributed by atoms with E-state index in [1.165, 1.54) is 5.56 Å². The number of hydrogen-bond donors (Lipinski definition) is 2. The number of nitrogens with one attached hydrogen (secondary N) is 1. The lowest BCUT2D eigenvalue weighted by Gasteiger charge is -2.33. The summed E-state index contributed by atoms with van der Waals surface area (Å²) in [6, 6.07) is 10.7. The summed E-state index contributed by atoms with van der Waals surface area (Å²) in [7, 11) is 1.59. The first-order chi connectivity index (χ1) is 10.7. The molecular weight excluding hydrogens is 349 g/mol. The van der Waals surface area contributed by atoms with E-state index in [9.17, 15) is 4.79 Å². The number of piperidine rings is 1. The third kappa shape index (κ3) is 7.81. The van der Waals surface area contributed by atoms with Crippen LogP contribution >= 0.6 is 24.8 Å². The molecular formula is C17H29Cl2N3O2. The van der Waals surface area contributed by atoms with E-state index in [1.54, 1.807) is 7.11 Å². The van der Waals surface area contributed by atoms with Crippen molar-refractivity contribution in [1.82, 2.24) is 10.2 Å². The van der Waals surface area contributed by atoms with Gasteiger partial charge in [0.05, 0.1) is 12.5 Å². The van der Waals surface area contributed by atoms with E-state index >= 15 is 0 Å². The Morgan fingerprint density at radius 1 is 1.38 bits per heavy atom. The lowest BCUT2D eigenvalue weighted by atomic mass is 10.0. The SMILES string of the molecule is COC(CN)CC(=O)NC1CCCN(Cc2ccccc2)C1.Cl.Cl. The third-order valence-corrected chi connectivity index (χ3v) is 4.13. The van der Waals surface area contributed by atoms with Gasteiger partial charge in [-0.15, -0.1) is 24.8 Å². The molecule has 2 unspecified atom stereocenters. The highest BCUT2D eigenvalue weighted by molar-refractivity contribution is 5.85. The quantitative estimate of drug-likeness (QED) is 0.762. The molecule has 0 aromatic heterocycles. The Labute approximate surface area is 157 Å². The van der Waals surface area contributed by atoms with Crippen molar-refractivity contribution in [2.24, 2.45) is 5.73 Å². The summed E-state index contributed by atoms with van der Waals surface area (Å²) in [6.07, 6.45) is 2.30. The van der Waals surface area contributed by atoms with Gasteiger partial charge in [-0.1, -0.05) is 30.3 Å². The average Bonchev–Trinajstić information content (AvgIpc) is 2.54. The van der Waals surface area contributed by atoms with Crippen LogP contribution in [0.2, 0.25) is 0 Å². The molecule has 1 amide bonds. The zero-order valence-electron chi connectivity index (χ0n) is 14.1. The van der Waals surface area contributed by atoms with Crippen molar-refractivity contribution in [1.29, 1.82) is 0 Å². The largest absolute Gasteiger partial charge is 0.380 e. The lowest BCUT2D eigenvalue weighted by Crippen LogP contribution is -2.48. The van der Waals surface area contributed by atoms with Crippen LogP contribution < -0.4 is 11.1 Å². The van der Waals surface area contributed by atoms with Crippen LogP contribution in [0.5, 0.6) is 0 Å². The Kier molecular flexibility index (Phi) is 12.1. The molecule has 1 aromatic carbocycles. The smallest absolute Gasteiger partial charge is 0.222 e. The Hall–Kier alpha value is -0.850. The van der Waals surface area contributed by atoms with Crippen molar-refractivity contribution >= 4 is 30.7 Å². The number of carbonyl (C=O) groups is 1. The average molecular weight is 378 g/mol. The van der Waals surface area contributed by atoms with Crippen molar-refractivity contribution < 1.29 is 9.53 Å². The van der Waals surface area contributed by atoms with Gasteiger partial charge in [-0.3, -0.25) is 9.69 Å². The second kappa shape index (κ2) is 12.5. The molecule has 0 radical (unpaired) electrons. The number of nitrogens with two attached hydrogens (primary N) is 1. The molecule has 138 valence electrons. The van der Waals surface area contributed by atoms with Gasteiger partial charge in [-0.25, -0.2) is 0 Å². The van der Waals surface area contributed by atoms with Crippen LogP contribution in [0.25, 0.3) is 0 Å². The third-order valence-electron chi connectivity index (χ3n) is 4.13. The summed E-state index contributed by atoms with van der Waals surface area (Å²) < 4.78 is 5.16. The molecule has 1 aliphatic heterocycles. The van der Waals surface area contributed by atoms with Crippen molar-refractivity contribution in [3.05, 3.63) is 35.9 Å². The lowest BCUT2D eigenvalue weighted by molar-refractivity contribution is -0.124.